The van der Waals surface area contributed by atoms with Gasteiger partial charge in [-0.05, 0) is 6.92 Å². The second kappa shape index (κ2) is 4.73. The van der Waals surface area contributed by atoms with Crippen LogP contribution >= 0.6 is 0 Å². The molecule has 14 heavy (non-hydrogen) atoms. The molecule has 0 radical (unpaired) electrons. The van der Waals surface area contributed by atoms with Gasteiger partial charge in [0.05, 0.1) is 6.10 Å². The number of aromatic amines is 1. The number of nitrogens with zero attached hydrogens (tertiary/aromatic N) is 1. The normalized spacial score (nSPS) is 14.8. The highest BCUT2D eigenvalue weighted by Crippen LogP contribution is 1.93. The predicted octanol–water partition coefficient (Wildman–Crippen LogP) is -1.11. The average molecular weight is 198 g/mol. The molecule has 1 heterocycles. The van der Waals surface area contributed by atoms with Crippen LogP contribution in [0.2, 0.25) is 0 Å². The number of nitrogens with two attached hydrogens (primary N) is 1. The second-order valence-corrected chi connectivity index (χ2v) is 3.05. The molecule has 6 heteroatoms. The van der Waals surface area contributed by atoms with Gasteiger partial charge in [-0.2, -0.15) is 0 Å². The van der Waals surface area contributed by atoms with E-state index in [1.165, 1.54) is 12.4 Å². The Kier molecular flexibility index (Phi) is 3.61. The van der Waals surface area contributed by atoms with Crippen molar-refractivity contribution in [2.45, 2.75) is 19.1 Å². The van der Waals surface area contributed by atoms with Crippen LogP contribution in [-0.4, -0.2) is 33.8 Å². The third kappa shape index (κ3) is 2.82. The maximum atomic E-state index is 11.1. The summed E-state index contributed by atoms with van der Waals surface area (Å²) in [7, 11) is 0. The summed E-state index contributed by atoms with van der Waals surface area (Å²) >= 11 is 0. The average Bonchev–Trinajstić information content (AvgIpc) is 2.16. The Labute approximate surface area is 81.2 Å². The highest BCUT2D eigenvalue weighted by atomic mass is 16.3. The summed E-state index contributed by atoms with van der Waals surface area (Å²) in [5.74, 6) is 0.212. The van der Waals surface area contributed by atoms with Crippen LogP contribution in [0.4, 0.5) is 5.82 Å². The van der Waals surface area contributed by atoms with Crippen LogP contribution in [0.5, 0.6) is 0 Å². The first-order valence-corrected chi connectivity index (χ1v) is 4.32. The second-order valence-electron chi connectivity index (χ2n) is 3.05. The first-order valence-electron chi connectivity index (χ1n) is 4.32. The Hall–Kier alpha value is -1.40. The van der Waals surface area contributed by atoms with Crippen LogP contribution in [0.3, 0.4) is 0 Å². The summed E-state index contributed by atoms with van der Waals surface area (Å²) in [6.45, 7) is 1.90. The standard InChI is InChI=1S/C8H14N4O2/c1-5(13)6(9)4-12-7-8(14)11-3-2-10-7/h2-3,5-6,13H,4,9H2,1H3,(H,10,12)(H,11,14). The van der Waals surface area contributed by atoms with E-state index in [4.69, 9.17) is 10.8 Å². The summed E-state index contributed by atoms with van der Waals surface area (Å²) in [6, 6.07) is -0.420. The van der Waals surface area contributed by atoms with Crippen molar-refractivity contribution in [3.05, 3.63) is 22.7 Å². The largest absolute Gasteiger partial charge is 0.392 e. The minimum Gasteiger partial charge on any atom is -0.392 e. The fourth-order valence-corrected chi connectivity index (χ4v) is 0.863. The molecule has 0 aliphatic rings. The third-order valence-corrected chi connectivity index (χ3v) is 1.83. The molecule has 0 aromatic carbocycles. The van der Waals surface area contributed by atoms with Crippen LogP contribution < -0.4 is 16.6 Å². The Morgan fingerprint density at radius 3 is 3.07 bits per heavy atom. The maximum absolute atomic E-state index is 11.1. The van der Waals surface area contributed by atoms with E-state index in [2.05, 4.69) is 15.3 Å². The number of hydrogen-bond donors (Lipinski definition) is 4. The van der Waals surface area contributed by atoms with E-state index >= 15 is 0 Å². The van der Waals surface area contributed by atoms with Crippen molar-refractivity contribution < 1.29 is 5.11 Å². The third-order valence-electron chi connectivity index (χ3n) is 1.83. The van der Waals surface area contributed by atoms with Gasteiger partial charge in [0.25, 0.3) is 5.56 Å². The molecule has 1 rings (SSSR count). The van der Waals surface area contributed by atoms with E-state index in [1.54, 1.807) is 6.92 Å². The molecule has 1 aromatic heterocycles. The van der Waals surface area contributed by atoms with Crippen molar-refractivity contribution in [1.82, 2.24) is 9.97 Å². The fourth-order valence-electron chi connectivity index (χ4n) is 0.863. The fraction of sp³-hybridized carbons (Fsp3) is 0.500. The van der Waals surface area contributed by atoms with Crippen LogP contribution in [-0.2, 0) is 0 Å². The first-order chi connectivity index (χ1) is 6.61. The van der Waals surface area contributed by atoms with Crippen molar-refractivity contribution in [2.24, 2.45) is 5.73 Å². The van der Waals surface area contributed by atoms with Gasteiger partial charge in [0.1, 0.15) is 0 Å². The topological polar surface area (TPSA) is 104 Å². The number of hydrogen-bond acceptors (Lipinski definition) is 5. The number of anilines is 1. The van der Waals surface area contributed by atoms with Gasteiger partial charge in [-0.15, -0.1) is 0 Å². The molecular formula is C8H14N4O2. The zero-order valence-corrected chi connectivity index (χ0v) is 7.90. The van der Waals surface area contributed by atoms with E-state index in [-0.39, 0.29) is 11.4 Å². The quantitative estimate of drug-likeness (QED) is 0.491. The van der Waals surface area contributed by atoms with Crippen LogP contribution in [0.1, 0.15) is 6.92 Å². The van der Waals surface area contributed by atoms with Gasteiger partial charge in [-0.25, -0.2) is 4.98 Å². The molecule has 0 saturated carbocycles. The van der Waals surface area contributed by atoms with E-state index in [1.807, 2.05) is 0 Å². The molecule has 6 nitrogen and oxygen atoms in total. The molecule has 0 aliphatic carbocycles. The molecule has 0 spiro atoms. The van der Waals surface area contributed by atoms with Gasteiger partial charge in [0.15, 0.2) is 5.82 Å². The van der Waals surface area contributed by atoms with Crippen molar-refractivity contribution in [3.8, 4) is 0 Å². The minimum absolute atomic E-state index is 0.212. The van der Waals surface area contributed by atoms with E-state index in [9.17, 15) is 4.79 Å². The number of aliphatic hydroxyl groups is 1. The van der Waals surface area contributed by atoms with Crippen molar-refractivity contribution in [3.63, 3.8) is 0 Å². The van der Waals surface area contributed by atoms with E-state index in [0.717, 1.165) is 0 Å². The summed E-state index contributed by atoms with van der Waals surface area (Å²) in [5, 5.41) is 11.9. The lowest BCUT2D eigenvalue weighted by molar-refractivity contribution is 0.168. The maximum Gasteiger partial charge on any atom is 0.290 e. The molecule has 2 unspecified atom stereocenters. The zero-order chi connectivity index (χ0) is 10.6. The van der Waals surface area contributed by atoms with Gasteiger partial charge in [0.2, 0.25) is 0 Å². The van der Waals surface area contributed by atoms with Gasteiger partial charge in [-0.3, -0.25) is 4.79 Å². The molecule has 0 saturated heterocycles. The van der Waals surface area contributed by atoms with Crippen LogP contribution in [0.25, 0.3) is 0 Å². The number of aliphatic hydroxyl groups excluding tert-OH is 1. The van der Waals surface area contributed by atoms with Gasteiger partial charge < -0.3 is 21.1 Å². The Balaban J connectivity index is 2.54. The molecule has 0 bridgehead atoms. The SMILES string of the molecule is CC(O)C(N)CNc1ncc[nH]c1=O. The highest BCUT2D eigenvalue weighted by molar-refractivity contribution is 5.30. The monoisotopic (exact) mass is 198 g/mol. The lowest BCUT2D eigenvalue weighted by atomic mass is 10.2. The van der Waals surface area contributed by atoms with Gasteiger partial charge in [-0.1, -0.05) is 0 Å². The summed E-state index contributed by atoms with van der Waals surface area (Å²) in [5.41, 5.74) is 5.26. The summed E-state index contributed by atoms with van der Waals surface area (Å²) < 4.78 is 0. The van der Waals surface area contributed by atoms with E-state index in [0.29, 0.717) is 6.54 Å². The van der Waals surface area contributed by atoms with Crippen molar-refractivity contribution in [1.29, 1.82) is 0 Å². The Bertz CT molecular complexity index is 336. The number of nitrogens with one attached hydrogen (secondary N) is 2. The van der Waals surface area contributed by atoms with Gasteiger partial charge in [0, 0.05) is 25.0 Å². The highest BCUT2D eigenvalue weighted by Gasteiger charge is 2.09. The molecule has 0 aliphatic heterocycles. The molecule has 0 fully saturated rings. The van der Waals surface area contributed by atoms with Crippen molar-refractivity contribution in [2.75, 3.05) is 11.9 Å². The number of H-pyrrole nitrogens is 1. The number of aromatic nitrogens is 2. The molecule has 78 valence electrons. The first kappa shape index (κ1) is 10.7. The van der Waals surface area contributed by atoms with E-state index < -0.39 is 12.1 Å². The molecule has 2 atom stereocenters. The Morgan fingerprint density at radius 1 is 1.79 bits per heavy atom. The number of rotatable bonds is 4. The Morgan fingerprint density at radius 2 is 2.50 bits per heavy atom. The molecular weight excluding hydrogens is 184 g/mol. The smallest absolute Gasteiger partial charge is 0.290 e. The van der Waals surface area contributed by atoms with Crippen LogP contribution in [0.15, 0.2) is 17.2 Å². The summed E-state index contributed by atoms with van der Waals surface area (Å²) in [6.07, 6.45) is 2.30. The van der Waals surface area contributed by atoms with Crippen molar-refractivity contribution >= 4 is 5.82 Å². The zero-order valence-electron chi connectivity index (χ0n) is 7.90. The molecule has 1 aromatic rings. The van der Waals surface area contributed by atoms with Gasteiger partial charge >= 0.3 is 0 Å². The molecule has 0 amide bonds. The lowest BCUT2D eigenvalue weighted by Crippen LogP contribution is -2.39. The summed E-state index contributed by atoms with van der Waals surface area (Å²) in [4.78, 5) is 17.4. The van der Waals surface area contributed by atoms with Crippen LogP contribution in [0, 0.1) is 0 Å². The predicted molar refractivity (Wildman–Crippen MR) is 53.0 cm³/mol. The minimum atomic E-state index is -0.620. The molecule has 5 N–H and O–H groups in total. The lowest BCUT2D eigenvalue weighted by Gasteiger charge is -2.14.